The summed E-state index contributed by atoms with van der Waals surface area (Å²) in [6, 6.07) is 0. The summed E-state index contributed by atoms with van der Waals surface area (Å²) in [5, 5.41) is 0. The van der Waals surface area contributed by atoms with Crippen LogP contribution in [0, 0.1) is 0 Å². The van der Waals surface area contributed by atoms with Gasteiger partial charge < -0.3 is 4.74 Å². The van der Waals surface area contributed by atoms with Crippen molar-refractivity contribution < 1.29 is 9.13 Å². The Labute approximate surface area is 41.8 Å². The van der Waals surface area contributed by atoms with Crippen molar-refractivity contribution in [3.05, 3.63) is 12.2 Å². The molecule has 1 nitrogen and oxygen atoms in total. The van der Waals surface area contributed by atoms with Gasteiger partial charge in [-0.3, -0.25) is 0 Å². The molecule has 0 N–H and O–H groups in total. The maximum Gasteiger partial charge on any atom is 0.202 e. The third kappa shape index (κ3) is 1.27. The monoisotopic (exact) mass is 102 g/mol. The minimum Gasteiger partial charge on any atom is -0.344 e. The molecule has 1 heterocycles. The molecule has 0 radical (unpaired) electrons. The molecule has 0 spiro atoms. The highest BCUT2D eigenvalue weighted by molar-refractivity contribution is 4.85. The molecule has 1 unspecified atom stereocenters. The predicted molar refractivity (Wildman–Crippen MR) is 24.6 cm³/mol. The van der Waals surface area contributed by atoms with Gasteiger partial charge in [-0.2, -0.15) is 0 Å². The first-order valence-electron chi connectivity index (χ1n) is 2.30. The van der Waals surface area contributed by atoms with Crippen LogP contribution in [0.4, 0.5) is 4.39 Å². The molecule has 7 heavy (non-hydrogen) atoms. The molecular formula is C5H7FO. The van der Waals surface area contributed by atoms with Gasteiger partial charge in [-0.25, -0.2) is 4.39 Å². The molecule has 0 amide bonds. The Kier molecular flexibility index (Phi) is 1.42. The average Bonchev–Trinajstić information content (AvgIpc) is 1.69. The lowest BCUT2D eigenvalue weighted by Crippen LogP contribution is -2.08. The van der Waals surface area contributed by atoms with E-state index in [1.165, 1.54) is 0 Å². The van der Waals surface area contributed by atoms with Gasteiger partial charge in [0.05, 0.1) is 6.61 Å². The molecule has 0 aromatic rings. The Hall–Kier alpha value is -0.370. The van der Waals surface area contributed by atoms with Crippen LogP contribution >= 0.6 is 0 Å². The zero-order valence-corrected chi connectivity index (χ0v) is 3.93. The van der Waals surface area contributed by atoms with Crippen LogP contribution in [0.25, 0.3) is 0 Å². The SMILES string of the molecule is FC1CC=CCO1. The van der Waals surface area contributed by atoms with Crippen LogP contribution in [0.15, 0.2) is 12.2 Å². The number of halogens is 1. The summed E-state index contributed by atoms with van der Waals surface area (Å²) in [5.74, 6) is 0. The third-order valence-corrected chi connectivity index (χ3v) is 0.861. The number of ether oxygens (including phenoxy) is 1. The first-order chi connectivity index (χ1) is 3.39. The Balaban J connectivity index is 2.32. The van der Waals surface area contributed by atoms with E-state index in [0.29, 0.717) is 13.0 Å². The fourth-order valence-corrected chi connectivity index (χ4v) is 0.499. The molecule has 1 atom stereocenters. The summed E-state index contributed by atoms with van der Waals surface area (Å²) in [5.41, 5.74) is 0. The molecule has 0 aromatic heterocycles. The first-order valence-corrected chi connectivity index (χ1v) is 2.30. The standard InChI is InChI=1S/C5H7FO/c6-5-3-1-2-4-7-5/h1-2,5H,3-4H2. The van der Waals surface area contributed by atoms with E-state index in [0.717, 1.165) is 0 Å². The van der Waals surface area contributed by atoms with Gasteiger partial charge in [-0.15, -0.1) is 0 Å². The summed E-state index contributed by atoms with van der Waals surface area (Å²) in [4.78, 5) is 0. The summed E-state index contributed by atoms with van der Waals surface area (Å²) in [6.45, 7) is 0.432. The van der Waals surface area contributed by atoms with Gasteiger partial charge in [-0.05, 0) is 0 Å². The molecule has 1 rings (SSSR count). The molecule has 0 bridgehead atoms. The van der Waals surface area contributed by atoms with Crippen LogP contribution in [-0.4, -0.2) is 13.0 Å². The van der Waals surface area contributed by atoms with Crippen molar-refractivity contribution in [2.24, 2.45) is 0 Å². The van der Waals surface area contributed by atoms with Crippen molar-refractivity contribution in [2.45, 2.75) is 12.8 Å². The van der Waals surface area contributed by atoms with Gasteiger partial charge in [-0.1, -0.05) is 12.2 Å². The van der Waals surface area contributed by atoms with Gasteiger partial charge in [0, 0.05) is 6.42 Å². The largest absolute Gasteiger partial charge is 0.344 e. The molecule has 0 fully saturated rings. The van der Waals surface area contributed by atoms with Crippen LogP contribution in [0.2, 0.25) is 0 Å². The zero-order chi connectivity index (χ0) is 5.11. The van der Waals surface area contributed by atoms with Crippen LogP contribution in [0.5, 0.6) is 0 Å². The smallest absolute Gasteiger partial charge is 0.202 e. The number of hydrogen-bond donors (Lipinski definition) is 0. The molecule has 1 aliphatic rings. The Morgan fingerprint density at radius 1 is 1.57 bits per heavy atom. The normalized spacial score (nSPS) is 30.7. The summed E-state index contributed by atoms with van der Waals surface area (Å²) in [6.07, 6.45) is 2.97. The topological polar surface area (TPSA) is 9.23 Å². The van der Waals surface area contributed by atoms with E-state index in [-0.39, 0.29) is 0 Å². The molecular weight excluding hydrogens is 95.1 g/mol. The number of rotatable bonds is 0. The Morgan fingerprint density at radius 2 is 2.43 bits per heavy atom. The second kappa shape index (κ2) is 2.07. The Morgan fingerprint density at radius 3 is 2.71 bits per heavy atom. The van der Waals surface area contributed by atoms with Gasteiger partial charge in [0.25, 0.3) is 0 Å². The maximum atomic E-state index is 11.9. The van der Waals surface area contributed by atoms with Crippen LogP contribution in [-0.2, 0) is 4.74 Å². The van der Waals surface area contributed by atoms with Crippen molar-refractivity contribution in [2.75, 3.05) is 6.61 Å². The first kappa shape index (κ1) is 4.78. The van der Waals surface area contributed by atoms with E-state index in [1.807, 2.05) is 6.08 Å². The van der Waals surface area contributed by atoms with Crippen molar-refractivity contribution >= 4 is 0 Å². The van der Waals surface area contributed by atoms with Gasteiger partial charge in [0.1, 0.15) is 0 Å². The predicted octanol–water partition coefficient (Wildman–Crippen LogP) is 1.26. The summed E-state index contributed by atoms with van der Waals surface area (Å²) >= 11 is 0. The quantitative estimate of drug-likeness (QED) is 0.418. The van der Waals surface area contributed by atoms with Crippen molar-refractivity contribution in [1.82, 2.24) is 0 Å². The lowest BCUT2D eigenvalue weighted by atomic mass is 10.3. The highest BCUT2D eigenvalue weighted by atomic mass is 19.1. The second-order valence-electron chi connectivity index (χ2n) is 1.45. The van der Waals surface area contributed by atoms with E-state index in [2.05, 4.69) is 4.74 Å². The number of hydrogen-bond acceptors (Lipinski definition) is 1. The maximum absolute atomic E-state index is 11.9. The van der Waals surface area contributed by atoms with Crippen LogP contribution < -0.4 is 0 Å². The fourth-order valence-electron chi connectivity index (χ4n) is 0.499. The molecule has 2 heteroatoms. The van der Waals surface area contributed by atoms with Crippen LogP contribution in [0.1, 0.15) is 6.42 Å². The zero-order valence-electron chi connectivity index (χ0n) is 3.93. The summed E-state index contributed by atoms with van der Waals surface area (Å²) < 4.78 is 16.4. The number of alkyl halides is 1. The van der Waals surface area contributed by atoms with Gasteiger partial charge >= 0.3 is 0 Å². The van der Waals surface area contributed by atoms with Crippen molar-refractivity contribution in [1.29, 1.82) is 0 Å². The fraction of sp³-hybridized carbons (Fsp3) is 0.600. The van der Waals surface area contributed by atoms with Gasteiger partial charge in [0.15, 0.2) is 0 Å². The van der Waals surface area contributed by atoms with Gasteiger partial charge in [0.2, 0.25) is 6.36 Å². The molecule has 40 valence electrons. The lowest BCUT2D eigenvalue weighted by molar-refractivity contribution is -0.0282. The summed E-state index contributed by atoms with van der Waals surface area (Å²) in [7, 11) is 0. The van der Waals surface area contributed by atoms with E-state index in [9.17, 15) is 4.39 Å². The second-order valence-corrected chi connectivity index (χ2v) is 1.45. The van der Waals surface area contributed by atoms with Crippen molar-refractivity contribution in [3.63, 3.8) is 0 Å². The molecule has 0 aromatic carbocycles. The minimum atomic E-state index is -1.05. The minimum absolute atomic E-state index is 0.417. The third-order valence-electron chi connectivity index (χ3n) is 0.861. The highest BCUT2D eigenvalue weighted by Crippen LogP contribution is 2.05. The van der Waals surface area contributed by atoms with Crippen LogP contribution in [0.3, 0.4) is 0 Å². The lowest BCUT2D eigenvalue weighted by Gasteiger charge is -2.08. The van der Waals surface area contributed by atoms with E-state index in [1.54, 1.807) is 6.08 Å². The van der Waals surface area contributed by atoms with E-state index >= 15 is 0 Å². The average molecular weight is 102 g/mol. The Bertz CT molecular complexity index is 80.1. The molecule has 0 saturated heterocycles. The van der Waals surface area contributed by atoms with E-state index in [4.69, 9.17) is 0 Å². The molecule has 0 saturated carbocycles. The molecule has 0 aliphatic carbocycles. The highest BCUT2D eigenvalue weighted by Gasteiger charge is 2.04. The van der Waals surface area contributed by atoms with Crippen molar-refractivity contribution in [3.8, 4) is 0 Å². The van der Waals surface area contributed by atoms with E-state index < -0.39 is 6.36 Å². The molecule has 1 aliphatic heterocycles.